The minimum atomic E-state index is 0.209. The Bertz CT molecular complexity index is 233. The van der Waals surface area contributed by atoms with Crippen molar-refractivity contribution in [3.63, 3.8) is 0 Å². The predicted molar refractivity (Wildman–Crippen MR) is 56.0 cm³/mol. The first-order chi connectivity index (χ1) is 6.58. The van der Waals surface area contributed by atoms with E-state index in [1.807, 2.05) is 0 Å². The van der Waals surface area contributed by atoms with Crippen LogP contribution in [0.1, 0.15) is 39.5 Å². The van der Waals surface area contributed by atoms with Gasteiger partial charge in [0.1, 0.15) is 0 Å². The van der Waals surface area contributed by atoms with E-state index in [2.05, 4.69) is 24.5 Å². The van der Waals surface area contributed by atoms with Crippen molar-refractivity contribution in [1.29, 1.82) is 0 Å². The average Bonchev–Trinajstić information content (AvgIpc) is 2.89. The Balaban J connectivity index is 1.73. The Labute approximate surface area is 85.6 Å². The van der Waals surface area contributed by atoms with Crippen molar-refractivity contribution in [2.45, 2.75) is 51.1 Å². The molecule has 2 aliphatic rings. The van der Waals surface area contributed by atoms with Crippen molar-refractivity contribution in [2.75, 3.05) is 6.54 Å². The lowest BCUT2D eigenvalue weighted by atomic mass is 9.98. The van der Waals surface area contributed by atoms with Gasteiger partial charge in [0.25, 0.3) is 0 Å². The molecular weight excluding hydrogens is 176 g/mol. The molecule has 3 nitrogen and oxygen atoms in total. The third-order valence-corrected chi connectivity index (χ3v) is 3.49. The lowest BCUT2D eigenvalue weighted by molar-refractivity contribution is -0.119. The number of hydrogen-bond acceptors (Lipinski definition) is 2. The Hall–Kier alpha value is -0.570. The average molecular weight is 196 g/mol. The first kappa shape index (κ1) is 9.97. The van der Waals surface area contributed by atoms with Crippen LogP contribution in [0.5, 0.6) is 0 Å². The molecule has 3 heteroatoms. The summed E-state index contributed by atoms with van der Waals surface area (Å²) in [6, 6.07) is 0.362. The van der Waals surface area contributed by atoms with E-state index >= 15 is 0 Å². The van der Waals surface area contributed by atoms with Crippen LogP contribution < -0.4 is 10.6 Å². The predicted octanol–water partition coefficient (Wildman–Crippen LogP) is 1.04. The fraction of sp³-hybridized carbons (Fsp3) is 0.909. The maximum Gasteiger partial charge on any atom is 0.220 e. The molecule has 1 saturated carbocycles. The molecule has 0 aromatic rings. The summed E-state index contributed by atoms with van der Waals surface area (Å²) in [5.74, 6) is 1.06. The van der Waals surface area contributed by atoms with Gasteiger partial charge in [-0.05, 0) is 39.0 Å². The molecule has 0 aromatic heterocycles. The molecular formula is C11H20N2O. The maximum atomic E-state index is 11.0. The molecule has 2 fully saturated rings. The Morgan fingerprint density at radius 2 is 2.14 bits per heavy atom. The van der Waals surface area contributed by atoms with Crippen LogP contribution in [0.4, 0.5) is 0 Å². The molecule has 2 rings (SSSR count). The van der Waals surface area contributed by atoms with Crippen LogP contribution in [0.25, 0.3) is 0 Å². The molecule has 1 amide bonds. The van der Waals surface area contributed by atoms with Gasteiger partial charge in [-0.15, -0.1) is 0 Å². The Morgan fingerprint density at radius 1 is 1.43 bits per heavy atom. The van der Waals surface area contributed by atoms with Gasteiger partial charge in [0.15, 0.2) is 0 Å². The molecule has 1 heterocycles. The van der Waals surface area contributed by atoms with E-state index in [1.165, 1.54) is 12.8 Å². The normalized spacial score (nSPS) is 27.9. The van der Waals surface area contributed by atoms with E-state index in [-0.39, 0.29) is 11.4 Å². The zero-order valence-corrected chi connectivity index (χ0v) is 9.10. The fourth-order valence-corrected chi connectivity index (χ4v) is 2.17. The summed E-state index contributed by atoms with van der Waals surface area (Å²) in [4.78, 5) is 11.0. The zero-order chi connectivity index (χ0) is 10.2. The van der Waals surface area contributed by atoms with E-state index in [9.17, 15) is 4.79 Å². The van der Waals surface area contributed by atoms with E-state index in [0.717, 1.165) is 18.9 Å². The quantitative estimate of drug-likeness (QED) is 0.705. The molecule has 1 aliphatic carbocycles. The molecule has 0 aromatic carbocycles. The van der Waals surface area contributed by atoms with Crippen molar-refractivity contribution in [1.82, 2.24) is 10.6 Å². The highest BCUT2D eigenvalue weighted by molar-refractivity contribution is 5.78. The van der Waals surface area contributed by atoms with Crippen LogP contribution in [-0.4, -0.2) is 24.0 Å². The summed E-state index contributed by atoms with van der Waals surface area (Å²) in [7, 11) is 0. The second-order valence-corrected chi connectivity index (χ2v) is 5.18. The lowest BCUT2D eigenvalue weighted by Gasteiger charge is -2.28. The van der Waals surface area contributed by atoms with Gasteiger partial charge in [0.2, 0.25) is 5.91 Å². The first-order valence-corrected chi connectivity index (χ1v) is 5.62. The minimum absolute atomic E-state index is 0.209. The number of nitrogens with one attached hydrogen (secondary N) is 2. The van der Waals surface area contributed by atoms with Crippen LogP contribution in [0, 0.1) is 5.92 Å². The number of carbonyl (C=O) groups excluding carboxylic acids is 1. The molecule has 2 N–H and O–H groups in total. The van der Waals surface area contributed by atoms with E-state index in [0.29, 0.717) is 12.5 Å². The summed E-state index contributed by atoms with van der Waals surface area (Å²) in [5, 5.41) is 6.55. The molecule has 1 saturated heterocycles. The second-order valence-electron chi connectivity index (χ2n) is 5.18. The summed E-state index contributed by atoms with van der Waals surface area (Å²) in [6.45, 7) is 5.46. The standard InChI is InChI=1S/C11H20N2O/c1-11(2,8-3-4-8)12-7-9-5-6-10(14)13-9/h8-9,12H,3-7H2,1-2H3,(H,13,14). The number of amides is 1. The largest absolute Gasteiger partial charge is 0.352 e. The summed E-state index contributed by atoms with van der Waals surface area (Å²) < 4.78 is 0. The molecule has 80 valence electrons. The Morgan fingerprint density at radius 3 is 2.64 bits per heavy atom. The number of carbonyl (C=O) groups is 1. The van der Waals surface area contributed by atoms with Gasteiger partial charge in [-0.1, -0.05) is 0 Å². The molecule has 0 bridgehead atoms. The summed E-state index contributed by atoms with van der Waals surface area (Å²) in [6.07, 6.45) is 4.41. The van der Waals surface area contributed by atoms with Gasteiger partial charge < -0.3 is 10.6 Å². The highest BCUT2D eigenvalue weighted by Gasteiger charge is 2.37. The van der Waals surface area contributed by atoms with Crippen molar-refractivity contribution >= 4 is 5.91 Å². The minimum Gasteiger partial charge on any atom is -0.352 e. The van der Waals surface area contributed by atoms with Gasteiger partial charge >= 0.3 is 0 Å². The first-order valence-electron chi connectivity index (χ1n) is 5.62. The van der Waals surface area contributed by atoms with Crippen LogP contribution in [0.15, 0.2) is 0 Å². The van der Waals surface area contributed by atoms with Crippen molar-refractivity contribution in [2.24, 2.45) is 5.92 Å². The van der Waals surface area contributed by atoms with E-state index in [4.69, 9.17) is 0 Å². The molecule has 0 spiro atoms. The third-order valence-electron chi connectivity index (χ3n) is 3.49. The van der Waals surface area contributed by atoms with E-state index in [1.54, 1.807) is 0 Å². The molecule has 1 aliphatic heterocycles. The molecule has 1 unspecified atom stereocenters. The summed E-state index contributed by atoms with van der Waals surface area (Å²) in [5.41, 5.74) is 0.257. The van der Waals surface area contributed by atoms with E-state index < -0.39 is 0 Å². The highest BCUT2D eigenvalue weighted by Crippen LogP contribution is 2.39. The van der Waals surface area contributed by atoms with Crippen molar-refractivity contribution in [3.05, 3.63) is 0 Å². The topological polar surface area (TPSA) is 41.1 Å². The monoisotopic (exact) mass is 196 g/mol. The lowest BCUT2D eigenvalue weighted by Crippen LogP contribution is -2.47. The van der Waals surface area contributed by atoms with Gasteiger partial charge in [-0.25, -0.2) is 0 Å². The van der Waals surface area contributed by atoms with Crippen LogP contribution in [0.2, 0.25) is 0 Å². The fourth-order valence-electron chi connectivity index (χ4n) is 2.17. The smallest absolute Gasteiger partial charge is 0.220 e. The maximum absolute atomic E-state index is 11.0. The van der Waals surface area contributed by atoms with Crippen molar-refractivity contribution < 1.29 is 4.79 Å². The number of rotatable bonds is 4. The van der Waals surface area contributed by atoms with Crippen molar-refractivity contribution in [3.8, 4) is 0 Å². The highest BCUT2D eigenvalue weighted by atomic mass is 16.1. The van der Waals surface area contributed by atoms with Gasteiger partial charge in [0.05, 0.1) is 0 Å². The molecule has 1 atom stereocenters. The van der Waals surface area contributed by atoms with Crippen LogP contribution >= 0.6 is 0 Å². The molecule has 0 radical (unpaired) electrons. The van der Waals surface area contributed by atoms with Crippen LogP contribution in [-0.2, 0) is 4.79 Å². The second kappa shape index (κ2) is 3.54. The zero-order valence-electron chi connectivity index (χ0n) is 9.10. The van der Waals surface area contributed by atoms with Gasteiger partial charge in [-0.2, -0.15) is 0 Å². The number of hydrogen-bond donors (Lipinski definition) is 2. The third kappa shape index (κ3) is 2.27. The van der Waals surface area contributed by atoms with Crippen LogP contribution in [0.3, 0.4) is 0 Å². The van der Waals surface area contributed by atoms with Gasteiger partial charge in [-0.3, -0.25) is 4.79 Å². The molecule has 14 heavy (non-hydrogen) atoms. The summed E-state index contributed by atoms with van der Waals surface area (Å²) >= 11 is 0. The van der Waals surface area contributed by atoms with Gasteiger partial charge in [0, 0.05) is 24.5 Å². The SMILES string of the molecule is CC(C)(NCC1CCC(=O)N1)C1CC1. The Kier molecular flexibility index (Phi) is 2.52.